The third kappa shape index (κ3) is 10.8. The van der Waals surface area contributed by atoms with Crippen molar-refractivity contribution in [3.63, 3.8) is 0 Å². The summed E-state index contributed by atoms with van der Waals surface area (Å²) in [5.41, 5.74) is 0.515. The van der Waals surface area contributed by atoms with Crippen molar-refractivity contribution >= 4 is 52.3 Å². The predicted molar refractivity (Wildman–Crippen MR) is 118 cm³/mol. The molecule has 4 N–H and O–H groups in total. The summed E-state index contributed by atoms with van der Waals surface area (Å²) < 4.78 is 5.83. The number of aliphatic carboxylic acids is 2. The highest BCUT2D eigenvalue weighted by Gasteiger charge is 2.26. The summed E-state index contributed by atoms with van der Waals surface area (Å²) >= 11 is 2.13. The fraction of sp³-hybridized carbons (Fsp3) is 0.450. The number of benzene rings is 1. The summed E-state index contributed by atoms with van der Waals surface area (Å²) in [5, 5.41) is 23.1. The molecule has 2 amide bonds. The van der Waals surface area contributed by atoms with E-state index < -0.39 is 30.2 Å². The van der Waals surface area contributed by atoms with Crippen LogP contribution in [0.5, 0.6) is 0 Å². The maximum atomic E-state index is 12.0. The first-order valence-corrected chi connectivity index (χ1v) is 10.6. The first-order valence-electron chi connectivity index (χ1n) is 9.56. The lowest BCUT2D eigenvalue weighted by molar-refractivity contribution is -0.147. The van der Waals surface area contributed by atoms with Crippen LogP contribution in [0.3, 0.4) is 0 Å². The first kappa shape index (κ1) is 26.3. The maximum absolute atomic E-state index is 12.0. The predicted octanol–water partition coefficient (Wildman–Crippen LogP) is 2.19. The van der Waals surface area contributed by atoms with E-state index >= 15 is 0 Å². The normalized spacial score (nSPS) is 12.3. The number of rotatable bonds is 13. The Morgan fingerprint density at radius 1 is 1.00 bits per heavy atom. The van der Waals surface area contributed by atoms with E-state index in [1.165, 1.54) is 6.92 Å². The van der Waals surface area contributed by atoms with E-state index in [4.69, 9.17) is 9.84 Å². The van der Waals surface area contributed by atoms with Crippen LogP contribution in [0.2, 0.25) is 0 Å². The molecule has 170 valence electrons. The van der Waals surface area contributed by atoms with Crippen LogP contribution >= 0.6 is 22.6 Å². The number of amides is 2. The van der Waals surface area contributed by atoms with Gasteiger partial charge >= 0.3 is 18.0 Å². The molecule has 31 heavy (non-hydrogen) atoms. The monoisotopic (exact) mass is 544 g/mol. The van der Waals surface area contributed by atoms with Gasteiger partial charge in [0.2, 0.25) is 6.10 Å². The molecule has 0 heterocycles. The summed E-state index contributed by atoms with van der Waals surface area (Å²) in [6.07, 6.45) is -2.02. The minimum absolute atomic E-state index is 0.00661. The number of unbranched alkanes of at least 4 members (excludes halogenated alkanes) is 1. The summed E-state index contributed by atoms with van der Waals surface area (Å²) in [6.45, 7) is 1.61. The van der Waals surface area contributed by atoms with Crippen LogP contribution in [-0.2, 0) is 19.1 Å². The van der Waals surface area contributed by atoms with E-state index in [0.717, 1.165) is 3.57 Å². The molecule has 11 heteroatoms. The topological polar surface area (TPSA) is 159 Å². The first-order chi connectivity index (χ1) is 14.6. The van der Waals surface area contributed by atoms with Crippen molar-refractivity contribution in [1.82, 2.24) is 10.6 Å². The molecule has 0 bridgehead atoms. The zero-order chi connectivity index (χ0) is 23.4. The average molecular weight is 544 g/mol. The minimum atomic E-state index is -1.46. The van der Waals surface area contributed by atoms with E-state index in [2.05, 4.69) is 33.2 Å². The Balaban J connectivity index is 2.41. The molecule has 0 radical (unpaired) electrons. The standard InChI is InChI=1S/C20H25IN2O8/c1-12(24)5-10-15(18(26)27)23-20(30)31-16(19(28)29)4-2-3-11-22-17(25)13-6-8-14(21)9-7-13/h6-9,15-16H,2-5,10-11H2,1H3,(H,22,25)(H,23,30)(H,26,27)(H,28,29)/t15-,16-/m0/s1/i21-4. The van der Waals surface area contributed by atoms with Gasteiger partial charge in [-0.05, 0) is 79.5 Å². The SMILES string of the molecule is CC(=O)CC[C@H](NC(=O)O[C@@H](CCCCNC(=O)c1ccc([123I])cc1)C(=O)O)C(=O)O. The van der Waals surface area contributed by atoms with Crippen molar-refractivity contribution in [2.24, 2.45) is 0 Å². The number of alkyl carbamates (subject to hydrolysis) is 1. The summed E-state index contributed by atoms with van der Waals surface area (Å²) in [6, 6.07) is 5.66. The Kier molecular flexibility index (Phi) is 11.5. The third-order valence-corrected chi connectivity index (χ3v) is 4.90. The lowest BCUT2D eigenvalue weighted by Gasteiger charge is -2.17. The molecule has 1 aromatic carbocycles. The van der Waals surface area contributed by atoms with Crippen LogP contribution in [0.1, 0.15) is 49.4 Å². The van der Waals surface area contributed by atoms with Crippen LogP contribution in [-0.4, -0.2) is 58.6 Å². The number of ketones is 1. The fourth-order valence-electron chi connectivity index (χ4n) is 2.50. The molecule has 0 fully saturated rings. The number of hydrogen-bond acceptors (Lipinski definition) is 6. The molecule has 0 saturated heterocycles. The third-order valence-electron chi connectivity index (χ3n) is 4.19. The van der Waals surface area contributed by atoms with Gasteiger partial charge in [-0.1, -0.05) is 0 Å². The number of hydrogen-bond donors (Lipinski definition) is 4. The van der Waals surface area contributed by atoms with Gasteiger partial charge in [0.15, 0.2) is 0 Å². The van der Waals surface area contributed by atoms with Gasteiger partial charge in [-0.15, -0.1) is 0 Å². The lowest BCUT2D eigenvalue weighted by atomic mass is 10.1. The quantitative estimate of drug-likeness (QED) is 0.217. The molecule has 0 aliphatic heterocycles. The van der Waals surface area contributed by atoms with Crippen LogP contribution < -0.4 is 10.6 Å². The average Bonchev–Trinajstić information content (AvgIpc) is 2.69. The van der Waals surface area contributed by atoms with Gasteiger partial charge in [0.25, 0.3) is 5.91 Å². The van der Waals surface area contributed by atoms with Crippen molar-refractivity contribution in [1.29, 1.82) is 0 Å². The van der Waals surface area contributed by atoms with Crippen LogP contribution in [0.15, 0.2) is 24.3 Å². The summed E-state index contributed by atoms with van der Waals surface area (Å²) in [5.74, 6) is -3.20. The van der Waals surface area contributed by atoms with Crippen LogP contribution in [0.4, 0.5) is 4.79 Å². The Labute approximate surface area is 192 Å². The van der Waals surface area contributed by atoms with Crippen molar-refractivity contribution in [3.05, 3.63) is 33.4 Å². The van der Waals surface area contributed by atoms with Gasteiger partial charge in [-0.3, -0.25) is 4.79 Å². The molecule has 0 aromatic heterocycles. The lowest BCUT2D eigenvalue weighted by Crippen LogP contribution is -2.43. The Hall–Kier alpha value is -2.70. The number of ether oxygens (including phenoxy) is 1. The number of carbonyl (C=O) groups is 5. The molecule has 0 saturated carbocycles. The molecular weight excluding hydrogens is 519 g/mol. The molecule has 0 aliphatic rings. The van der Waals surface area contributed by atoms with Gasteiger partial charge in [0.1, 0.15) is 11.8 Å². The summed E-state index contributed by atoms with van der Waals surface area (Å²) in [4.78, 5) is 57.3. The van der Waals surface area contributed by atoms with Crippen molar-refractivity contribution in [2.45, 2.75) is 51.2 Å². The van der Waals surface area contributed by atoms with Crippen molar-refractivity contribution in [2.75, 3.05) is 6.54 Å². The molecule has 1 aromatic rings. The highest BCUT2D eigenvalue weighted by Crippen LogP contribution is 2.09. The Morgan fingerprint density at radius 3 is 2.19 bits per heavy atom. The van der Waals surface area contributed by atoms with E-state index in [9.17, 15) is 29.1 Å². The smallest absolute Gasteiger partial charge is 0.408 e. The number of halogens is 1. The van der Waals surface area contributed by atoms with Gasteiger partial charge < -0.3 is 30.4 Å². The van der Waals surface area contributed by atoms with Crippen molar-refractivity contribution < 1.29 is 38.9 Å². The van der Waals surface area contributed by atoms with Crippen molar-refractivity contribution in [3.8, 4) is 0 Å². The van der Waals surface area contributed by atoms with E-state index in [1.807, 2.05) is 12.1 Å². The van der Waals surface area contributed by atoms with Gasteiger partial charge in [0.05, 0.1) is 0 Å². The minimum Gasteiger partial charge on any atom is -0.480 e. The van der Waals surface area contributed by atoms with Crippen LogP contribution in [0, 0.1) is 3.57 Å². The summed E-state index contributed by atoms with van der Waals surface area (Å²) in [7, 11) is 0. The Morgan fingerprint density at radius 2 is 1.65 bits per heavy atom. The second-order valence-corrected chi connectivity index (χ2v) is 8.01. The largest absolute Gasteiger partial charge is 0.480 e. The number of Topliss-reactive ketones (excluding diaryl/α,β-unsaturated/α-hetero) is 1. The van der Waals surface area contributed by atoms with Gasteiger partial charge in [-0.2, -0.15) is 0 Å². The maximum Gasteiger partial charge on any atom is 0.408 e. The molecule has 0 spiro atoms. The molecule has 10 nitrogen and oxygen atoms in total. The highest BCUT2D eigenvalue weighted by molar-refractivity contribution is 14.1. The second kappa shape index (κ2) is 13.6. The Bertz CT molecular complexity index is 797. The molecule has 2 atom stereocenters. The highest BCUT2D eigenvalue weighted by atomic mass is 123. The zero-order valence-electron chi connectivity index (χ0n) is 16.9. The molecule has 1 rings (SSSR count). The number of nitrogens with one attached hydrogen (secondary N) is 2. The van der Waals surface area contributed by atoms with Gasteiger partial charge in [-0.25, -0.2) is 14.4 Å². The van der Waals surface area contributed by atoms with Gasteiger partial charge in [0, 0.05) is 22.1 Å². The second-order valence-electron chi connectivity index (χ2n) is 6.77. The van der Waals surface area contributed by atoms with E-state index in [1.54, 1.807) is 12.1 Å². The van der Waals surface area contributed by atoms with E-state index in [-0.39, 0.29) is 31.0 Å². The fourth-order valence-corrected chi connectivity index (χ4v) is 2.86. The molecule has 0 aliphatic carbocycles. The van der Waals surface area contributed by atoms with Crippen LogP contribution in [0.25, 0.3) is 0 Å². The molecule has 0 unspecified atom stereocenters. The number of carbonyl (C=O) groups excluding carboxylic acids is 3. The number of carboxylic acids is 2. The number of carboxylic acid groups (broad SMARTS) is 2. The molecular formula is C20H25IN2O8. The van der Waals surface area contributed by atoms with E-state index in [0.29, 0.717) is 24.9 Å². The zero-order valence-corrected chi connectivity index (χ0v) is 19.1.